The maximum atomic E-state index is 10.5. The Morgan fingerprint density at radius 1 is 1.57 bits per heavy atom. The summed E-state index contributed by atoms with van der Waals surface area (Å²) in [6.07, 6.45) is 0.642. The lowest BCUT2D eigenvalue weighted by Gasteiger charge is -2.05. The van der Waals surface area contributed by atoms with Crippen LogP contribution in [0.15, 0.2) is 18.2 Å². The molecule has 0 aliphatic rings. The van der Waals surface area contributed by atoms with Gasteiger partial charge in [0.05, 0.1) is 18.1 Å². The number of nitrogens with zero attached hydrogens (tertiary/aromatic N) is 1. The quantitative estimate of drug-likeness (QED) is 0.440. The molecule has 0 aliphatic heterocycles. The Balaban J connectivity index is 3.04. The van der Waals surface area contributed by atoms with Gasteiger partial charge in [0.2, 0.25) is 0 Å². The predicted molar refractivity (Wildman–Crippen MR) is 54.1 cm³/mol. The Hall–Kier alpha value is -1.29. The molecule has 0 saturated carbocycles. The molecule has 0 heterocycles. The SMILES string of the molecule is COc1cc([N+](=O)[O-])ccc1CCCl. The highest BCUT2D eigenvalue weighted by Crippen LogP contribution is 2.24. The highest BCUT2D eigenvalue weighted by molar-refractivity contribution is 6.18. The van der Waals surface area contributed by atoms with Crippen LogP contribution in [0.2, 0.25) is 0 Å². The number of alkyl halides is 1. The van der Waals surface area contributed by atoms with E-state index >= 15 is 0 Å². The number of hydrogen-bond donors (Lipinski definition) is 0. The number of benzene rings is 1. The molecule has 1 aromatic rings. The summed E-state index contributed by atoms with van der Waals surface area (Å²) in [4.78, 5) is 10.0. The number of ether oxygens (including phenoxy) is 1. The molecule has 0 fully saturated rings. The van der Waals surface area contributed by atoms with Gasteiger partial charge in [-0.3, -0.25) is 10.1 Å². The number of non-ortho nitro benzene ring substituents is 1. The van der Waals surface area contributed by atoms with Crippen molar-refractivity contribution in [3.63, 3.8) is 0 Å². The van der Waals surface area contributed by atoms with E-state index in [4.69, 9.17) is 16.3 Å². The molecule has 14 heavy (non-hydrogen) atoms. The molecule has 1 aromatic carbocycles. The van der Waals surface area contributed by atoms with Gasteiger partial charge in [-0.2, -0.15) is 0 Å². The molecule has 0 bridgehead atoms. The van der Waals surface area contributed by atoms with Gasteiger partial charge in [0, 0.05) is 11.9 Å². The third-order valence-electron chi connectivity index (χ3n) is 1.85. The van der Waals surface area contributed by atoms with Gasteiger partial charge in [-0.1, -0.05) is 0 Å². The second-order valence-corrected chi connectivity index (χ2v) is 3.07. The van der Waals surface area contributed by atoms with Crippen LogP contribution in [-0.4, -0.2) is 17.9 Å². The Morgan fingerprint density at radius 2 is 2.29 bits per heavy atom. The van der Waals surface area contributed by atoms with E-state index in [1.165, 1.54) is 19.2 Å². The monoisotopic (exact) mass is 215 g/mol. The number of halogens is 1. The molecule has 0 atom stereocenters. The smallest absolute Gasteiger partial charge is 0.273 e. The van der Waals surface area contributed by atoms with E-state index in [0.717, 1.165) is 5.56 Å². The average Bonchev–Trinajstić information content (AvgIpc) is 2.18. The van der Waals surface area contributed by atoms with Crippen LogP contribution in [0, 0.1) is 10.1 Å². The number of hydrogen-bond acceptors (Lipinski definition) is 3. The lowest BCUT2D eigenvalue weighted by atomic mass is 10.1. The van der Waals surface area contributed by atoms with Gasteiger partial charge < -0.3 is 4.74 Å². The van der Waals surface area contributed by atoms with Crippen LogP contribution in [-0.2, 0) is 6.42 Å². The first-order valence-corrected chi connectivity index (χ1v) is 4.59. The molecule has 0 radical (unpaired) electrons. The van der Waals surface area contributed by atoms with Gasteiger partial charge >= 0.3 is 0 Å². The largest absolute Gasteiger partial charge is 0.496 e. The molecular weight excluding hydrogens is 206 g/mol. The van der Waals surface area contributed by atoms with E-state index in [9.17, 15) is 10.1 Å². The average molecular weight is 216 g/mol. The third kappa shape index (κ3) is 2.35. The minimum atomic E-state index is -0.451. The van der Waals surface area contributed by atoms with Gasteiger partial charge in [0.15, 0.2) is 0 Å². The van der Waals surface area contributed by atoms with E-state index in [2.05, 4.69) is 0 Å². The van der Waals surface area contributed by atoms with Crippen LogP contribution >= 0.6 is 11.6 Å². The van der Waals surface area contributed by atoms with Crippen molar-refractivity contribution in [2.24, 2.45) is 0 Å². The van der Waals surface area contributed by atoms with Crippen molar-refractivity contribution >= 4 is 17.3 Å². The molecule has 0 aromatic heterocycles. The zero-order valence-electron chi connectivity index (χ0n) is 7.70. The fourth-order valence-corrected chi connectivity index (χ4v) is 1.36. The highest BCUT2D eigenvalue weighted by atomic mass is 35.5. The normalized spacial score (nSPS) is 9.86. The molecule has 0 spiro atoms. The van der Waals surface area contributed by atoms with E-state index in [1.54, 1.807) is 6.07 Å². The Kier molecular flexibility index (Phi) is 3.71. The maximum Gasteiger partial charge on any atom is 0.273 e. The van der Waals surface area contributed by atoms with E-state index < -0.39 is 4.92 Å². The lowest BCUT2D eigenvalue weighted by Crippen LogP contribution is -1.95. The van der Waals surface area contributed by atoms with Crippen molar-refractivity contribution in [1.29, 1.82) is 0 Å². The van der Waals surface area contributed by atoms with E-state index in [1.807, 2.05) is 0 Å². The molecule has 1 rings (SSSR count). The molecule has 0 amide bonds. The fraction of sp³-hybridized carbons (Fsp3) is 0.333. The van der Waals surface area contributed by atoms with Crippen LogP contribution in [0.4, 0.5) is 5.69 Å². The minimum absolute atomic E-state index is 0.0279. The predicted octanol–water partition coefficient (Wildman–Crippen LogP) is 2.38. The van der Waals surface area contributed by atoms with Crippen molar-refractivity contribution in [2.75, 3.05) is 13.0 Å². The second kappa shape index (κ2) is 4.81. The standard InChI is InChI=1S/C9H10ClNO3/c1-14-9-6-8(11(12)13)3-2-7(9)4-5-10/h2-3,6H,4-5H2,1H3. The zero-order valence-corrected chi connectivity index (χ0v) is 8.45. The first-order chi connectivity index (χ1) is 6.69. The molecule has 76 valence electrons. The Morgan fingerprint density at radius 3 is 2.79 bits per heavy atom. The van der Waals surface area contributed by atoms with Gasteiger partial charge in [-0.25, -0.2) is 0 Å². The van der Waals surface area contributed by atoms with Crippen LogP contribution in [0.3, 0.4) is 0 Å². The summed E-state index contributed by atoms with van der Waals surface area (Å²) in [6.45, 7) is 0. The summed E-state index contributed by atoms with van der Waals surface area (Å²) in [7, 11) is 1.48. The summed E-state index contributed by atoms with van der Waals surface area (Å²) in [6, 6.07) is 4.52. The molecule has 0 unspecified atom stereocenters. The molecule has 0 saturated heterocycles. The van der Waals surface area contributed by atoms with Crippen molar-refractivity contribution in [3.05, 3.63) is 33.9 Å². The molecule has 5 heteroatoms. The van der Waals surface area contributed by atoms with Crippen molar-refractivity contribution < 1.29 is 9.66 Å². The number of nitro benzene ring substituents is 1. The summed E-state index contributed by atoms with van der Waals surface area (Å²) in [5, 5.41) is 10.5. The van der Waals surface area contributed by atoms with Gasteiger partial charge in [0.25, 0.3) is 5.69 Å². The molecule has 0 N–H and O–H groups in total. The van der Waals surface area contributed by atoms with Crippen LogP contribution in [0.1, 0.15) is 5.56 Å². The topological polar surface area (TPSA) is 52.4 Å². The summed E-state index contributed by atoms with van der Waals surface area (Å²) < 4.78 is 5.03. The molecule has 4 nitrogen and oxygen atoms in total. The first-order valence-electron chi connectivity index (χ1n) is 4.06. The van der Waals surface area contributed by atoms with Crippen molar-refractivity contribution in [3.8, 4) is 5.75 Å². The third-order valence-corrected chi connectivity index (χ3v) is 2.03. The van der Waals surface area contributed by atoms with Gasteiger partial charge in [-0.05, 0) is 18.1 Å². The van der Waals surface area contributed by atoms with Gasteiger partial charge in [-0.15, -0.1) is 11.6 Å². The Labute approximate surface area is 86.6 Å². The number of methoxy groups -OCH3 is 1. The zero-order chi connectivity index (χ0) is 10.6. The Bertz CT molecular complexity index is 341. The van der Waals surface area contributed by atoms with Crippen molar-refractivity contribution in [1.82, 2.24) is 0 Å². The van der Waals surface area contributed by atoms with Crippen LogP contribution in [0.5, 0.6) is 5.75 Å². The summed E-state index contributed by atoms with van der Waals surface area (Å²) in [5.74, 6) is 0.980. The first kappa shape index (κ1) is 10.8. The second-order valence-electron chi connectivity index (χ2n) is 2.69. The van der Waals surface area contributed by atoms with Gasteiger partial charge in [0.1, 0.15) is 5.75 Å². The number of nitro groups is 1. The van der Waals surface area contributed by atoms with Crippen LogP contribution < -0.4 is 4.74 Å². The fourth-order valence-electron chi connectivity index (χ4n) is 1.16. The van der Waals surface area contributed by atoms with E-state index in [0.29, 0.717) is 18.1 Å². The lowest BCUT2D eigenvalue weighted by molar-refractivity contribution is -0.384. The van der Waals surface area contributed by atoms with E-state index in [-0.39, 0.29) is 5.69 Å². The minimum Gasteiger partial charge on any atom is -0.496 e. The maximum absolute atomic E-state index is 10.5. The van der Waals surface area contributed by atoms with Crippen LogP contribution in [0.25, 0.3) is 0 Å². The summed E-state index contributed by atoms with van der Waals surface area (Å²) in [5.41, 5.74) is 0.910. The number of aryl methyl sites for hydroxylation is 1. The van der Waals surface area contributed by atoms with Crippen molar-refractivity contribution in [2.45, 2.75) is 6.42 Å². The molecular formula is C9H10ClNO3. The molecule has 0 aliphatic carbocycles. The highest BCUT2D eigenvalue weighted by Gasteiger charge is 2.10. The number of rotatable bonds is 4. The summed E-state index contributed by atoms with van der Waals surface area (Å²) >= 11 is 5.58.